The highest BCUT2D eigenvalue weighted by molar-refractivity contribution is 7.16. The molecule has 0 aliphatic carbocycles. The number of aliphatic hydroxyl groups is 1. The molecule has 0 unspecified atom stereocenters. The Hall–Kier alpha value is -2.13. The third-order valence-electron chi connectivity index (χ3n) is 4.72. The minimum atomic E-state index is -1.67. The van der Waals surface area contributed by atoms with Crippen LogP contribution in [0, 0.1) is 17.5 Å². The second kappa shape index (κ2) is 6.88. The molecule has 5 nitrogen and oxygen atoms in total. The summed E-state index contributed by atoms with van der Waals surface area (Å²) in [5.41, 5.74) is -1.17. The van der Waals surface area contributed by atoms with Crippen molar-refractivity contribution in [2.24, 2.45) is 0 Å². The molecule has 2 heterocycles. The Morgan fingerprint density at radius 3 is 2.58 bits per heavy atom. The molecule has 26 heavy (non-hydrogen) atoms. The van der Waals surface area contributed by atoms with Crippen LogP contribution in [0.5, 0.6) is 5.75 Å². The zero-order chi connectivity index (χ0) is 19.1. The van der Waals surface area contributed by atoms with Crippen LogP contribution >= 0.6 is 11.3 Å². The Morgan fingerprint density at radius 1 is 1.31 bits per heavy atom. The van der Waals surface area contributed by atoms with Crippen molar-refractivity contribution in [1.82, 2.24) is 9.88 Å². The van der Waals surface area contributed by atoms with Gasteiger partial charge >= 0.3 is 0 Å². The Kier molecular flexibility index (Phi) is 4.94. The van der Waals surface area contributed by atoms with Crippen LogP contribution in [0.2, 0.25) is 0 Å². The molecule has 1 amide bonds. The van der Waals surface area contributed by atoms with Crippen molar-refractivity contribution >= 4 is 17.2 Å². The van der Waals surface area contributed by atoms with Crippen molar-refractivity contribution in [3.63, 3.8) is 0 Å². The number of benzene rings is 1. The normalized spacial score (nSPS) is 16.7. The van der Waals surface area contributed by atoms with Crippen LogP contribution in [-0.4, -0.2) is 44.7 Å². The van der Waals surface area contributed by atoms with E-state index in [-0.39, 0.29) is 15.8 Å². The number of carbonyl (C=O) groups is 1. The molecule has 1 aliphatic heterocycles. The molecule has 1 saturated heterocycles. The van der Waals surface area contributed by atoms with E-state index in [4.69, 9.17) is 0 Å². The average Bonchev–Trinajstić information content (AvgIpc) is 3.13. The van der Waals surface area contributed by atoms with Crippen LogP contribution in [0.15, 0.2) is 12.3 Å². The second-order valence-electron chi connectivity index (χ2n) is 6.28. The first-order valence-corrected chi connectivity index (χ1v) is 8.91. The predicted molar refractivity (Wildman–Crippen MR) is 89.5 cm³/mol. The van der Waals surface area contributed by atoms with Crippen molar-refractivity contribution in [2.45, 2.75) is 31.8 Å². The molecule has 0 saturated carbocycles. The summed E-state index contributed by atoms with van der Waals surface area (Å²) < 4.78 is 40.6. The van der Waals surface area contributed by atoms with Gasteiger partial charge in [0, 0.05) is 13.1 Å². The number of piperidine rings is 1. The van der Waals surface area contributed by atoms with Gasteiger partial charge in [-0.05, 0) is 25.3 Å². The maximum absolute atomic E-state index is 14.0. The van der Waals surface area contributed by atoms with Gasteiger partial charge in [-0.2, -0.15) is 4.39 Å². The van der Waals surface area contributed by atoms with Crippen molar-refractivity contribution in [2.75, 3.05) is 13.1 Å². The summed E-state index contributed by atoms with van der Waals surface area (Å²) in [5, 5.41) is 19.5. The van der Waals surface area contributed by atoms with Crippen molar-refractivity contribution in [3.05, 3.63) is 34.6 Å². The molecule has 0 atom stereocenters. The van der Waals surface area contributed by atoms with E-state index in [2.05, 4.69) is 4.98 Å². The summed E-state index contributed by atoms with van der Waals surface area (Å²) in [6, 6.07) is 0.597. The van der Waals surface area contributed by atoms with E-state index in [1.807, 2.05) is 6.92 Å². The quantitative estimate of drug-likeness (QED) is 0.794. The van der Waals surface area contributed by atoms with Gasteiger partial charge in [0.25, 0.3) is 5.91 Å². The predicted octanol–water partition coefficient (Wildman–Crippen LogP) is 3.31. The van der Waals surface area contributed by atoms with E-state index in [9.17, 15) is 28.2 Å². The smallest absolute Gasteiger partial charge is 0.265 e. The van der Waals surface area contributed by atoms with Crippen LogP contribution in [0.1, 0.15) is 35.9 Å². The molecule has 140 valence electrons. The number of phenols is 1. The maximum Gasteiger partial charge on any atom is 0.265 e. The fourth-order valence-corrected chi connectivity index (χ4v) is 3.77. The minimum Gasteiger partial charge on any atom is -0.503 e. The fourth-order valence-electron chi connectivity index (χ4n) is 2.88. The molecule has 1 aromatic heterocycles. The lowest BCUT2D eigenvalue weighted by Gasteiger charge is -2.37. The van der Waals surface area contributed by atoms with Crippen LogP contribution in [-0.2, 0) is 0 Å². The third-order valence-corrected chi connectivity index (χ3v) is 5.74. The highest BCUT2D eigenvalue weighted by atomic mass is 32.1. The van der Waals surface area contributed by atoms with Gasteiger partial charge in [-0.15, -0.1) is 11.3 Å². The average molecular weight is 386 g/mol. The topological polar surface area (TPSA) is 73.7 Å². The van der Waals surface area contributed by atoms with E-state index < -0.39 is 34.4 Å². The van der Waals surface area contributed by atoms with Gasteiger partial charge in [-0.25, -0.2) is 13.8 Å². The molecule has 0 radical (unpaired) electrons. The summed E-state index contributed by atoms with van der Waals surface area (Å²) in [6.45, 7) is 2.66. The van der Waals surface area contributed by atoms with Gasteiger partial charge < -0.3 is 15.1 Å². The molecule has 1 aromatic carbocycles. The zero-order valence-corrected chi connectivity index (χ0v) is 14.7. The van der Waals surface area contributed by atoms with Crippen molar-refractivity contribution in [1.29, 1.82) is 0 Å². The standard InChI is InChI=1S/C17H17F3N2O3S/c1-2-17(25)3-5-22(6-4-17)16(24)11-8-21-15(26-11)9-7-10(18)13(20)14(23)12(9)19/h7-8,23,25H,2-6H2,1H3. The first-order chi connectivity index (χ1) is 12.3. The van der Waals surface area contributed by atoms with E-state index in [1.165, 1.54) is 6.20 Å². The number of halogens is 3. The minimum absolute atomic E-state index is 0.0397. The fraction of sp³-hybridized carbons (Fsp3) is 0.412. The second-order valence-corrected chi connectivity index (χ2v) is 7.31. The number of phenolic OH excluding ortho intramolecular Hbond substituents is 1. The van der Waals surface area contributed by atoms with Gasteiger partial charge in [0.1, 0.15) is 9.88 Å². The van der Waals surface area contributed by atoms with Gasteiger partial charge in [-0.1, -0.05) is 6.92 Å². The Labute approximate surface area is 151 Å². The summed E-state index contributed by atoms with van der Waals surface area (Å²) in [7, 11) is 0. The van der Waals surface area contributed by atoms with E-state index in [0.717, 1.165) is 11.3 Å². The lowest BCUT2D eigenvalue weighted by Crippen LogP contribution is -2.46. The number of likely N-dealkylation sites (tertiary alicyclic amines) is 1. The molecule has 9 heteroatoms. The van der Waals surface area contributed by atoms with Crippen molar-refractivity contribution in [3.8, 4) is 16.3 Å². The number of aromatic hydroxyl groups is 1. The Morgan fingerprint density at radius 2 is 1.96 bits per heavy atom. The zero-order valence-electron chi connectivity index (χ0n) is 13.9. The molecule has 2 N–H and O–H groups in total. The van der Waals surface area contributed by atoms with Crippen LogP contribution in [0.25, 0.3) is 10.6 Å². The monoisotopic (exact) mass is 386 g/mol. The maximum atomic E-state index is 14.0. The molecule has 0 bridgehead atoms. The SMILES string of the molecule is CCC1(O)CCN(C(=O)c2cnc(-c3cc(F)c(F)c(O)c3F)s2)CC1. The summed E-state index contributed by atoms with van der Waals surface area (Å²) in [4.78, 5) is 18.2. The first-order valence-electron chi connectivity index (χ1n) is 8.10. The summed E-state index contributed by atoms with van der Waals surface area (Å²) >= 11 is 0.826. The Bertz CT molecular complexity index is 848. The van der Waals surface area contributed by atoms with E-state index in [0.29, 0.717) is 38.4 Å². The lowest BCUT2D eigenvalue weighted by molar-refractivity contribution is -0.0192. The van der Waals surface area contributed by atoms with E-state index >= 15 is 0 Å². The van der Waals surface area contributed by atoms with Crippen LogP contribution in [0.4, 0.5) is 13.2 Å². The number of amides is 1. The molecular formula is C17H17F3N2O3S. The largest absolute Gasteiger partial charge is 0.503 e. The number of thiazole rings is 1. The van der Waals surface area contributed by atoms with Crippen LogP contribution in [0.3, 0.4) is 0 Å². The number of hydrogen-bond acceptors (Lipinski definition) is 5. The molecule has 0 spiro atoms. The first kappa shape index (κ1) is 18.7. The lowest BCUT2D eigenvalue weighted by atomic mass is 9.89. The molecule has 1 aliphatic rings. The van der Waals surface area contributed by atoms with Crippen LogP contribution < -0.4 is 0 Å². The highest BCUT2D eigenvalue weighted by Crippen LogP contribution is 2.35. The number of carbonyl (C=O) groups excluding carboxylic acids is 1. The summed E-state index contributed by atoms with van der Waals surface area (Å²) in [5.74, 6) is -6.15. The number of aromatic nitrogens is 1. The molecule has 2 aromatic rings. The van der Waals surface area contributed by atoms with Gasteiger partial charge in [0.05, 0.1) is 17.4 Å². The number of nitrogens with zero attached hydrogens (tertiary/aromatic N) is 2. The molecular weight excluding hydrogens is 369 g/mol. The number of rotatable bonds is 3. The van der Waals surface area contributed by atoms with Gasteiger partial charge in [0.15, 0.2) is 17.4 Å². The van der Waals surface area contributed by atoms with Gasteiger partial charge in [0.2, 0.25) is 5.82 Å². The van der Waals surface area contributed by atoms with Crippen molar-refractivity contribution < 1.29 is 28.2 Å². The van der Waals surface area contributed by atoms with Gasteiger partial charge in [-0.3, -0.25) is 4.79 Å². The third kappa shape index (κ3) is 3.28. The molecule has 3 rings (SSSR count). The summed E-state index contributed by atoms with van der Waals surface area (Å²) in [6.07, 6.45) is 2.78. The molecule has 1 fully saturated rings. The van der Waals surface area contributed by atoms with E-state index in [1.54, 1.807) is 4.90 Å². The highest BCUT2D eigenvalue weighted by Gasteiger charge is 2.33. The number of hydrogen-bond donors (Lipinski definition) is 2. The Balaban J connectivity index is 1.82.